The largest absolute Gasteiger partial charge is 0.378 e. The maximum absolute atomic E-state index is 12.7. The van der Waals surface area contributed by atoms with Crippen LogP contribution in [0.2, 0.25) is 0 Å². The summed E-state index contributed by atoms with van der Waals surface area (Å²) in [5.41, 5.74) is -1.23. The highest BCUT2D eigenvalue weighted by atomic mass is 16.5. The molecular weight excluding hydrogens is 260 g/mol. The van der Waals surface area contributed by atoms with Crippen molar-refractivity contribution in [3.8, 4) is 0 Å². The highest BCUT2D eigenvalue weighted by Gasteiger charge is 2.47. The van der Waals surface area contributed by atoms with Crippen molar-refractivity contribution >= 4 is 11.8 Å². The molecular formula is C14H24N2O4. The minimum Gasteiger partial charge on any atom is -0.378 e. The number of carbonyl (C=O) groups excluding carboxylic acids is 2. The van der Waals surface area contributed by atoms with E-state index in [0.29, 0.717) is 32.6 Å². The molecule has 0 bridgehead atoms. The Kier molecular flexibility index (Phi) is 4.34. The van der Waals surface area contributed by atoms with Gasteiger partial charge >= 0.3 is 0 Å². The number of nitrogens with zero attached hydrogens (tertiary/aromatic N) is 1. The van der Waals surface area contributed by atoms with Gasteiger partial charge in [-0.1, -0.05) is 13.8 Å². The van der Waals surface area contributed by atoms with Gasteiger partial charge in [0.05, 0.1) is 19.7 Å². The Bertz CT molecular complexity index is 387. The highest BCUT2D eigenvalue weighted by Crippen LogP contribution is 2.28. The van der Waals surface area contributed by atoms with Gasteiger partial charge in [-0.05, 0) is 12.8 Å². The SMILES string of the molecule is CCC1(CC)NC(=O)CN(CC2(OC)CCOC2)C1=O. The summed E-state index contributed by atoms with van der Waals surface area (Å²) in [4.78, 5) is 26.3. The normalized spacial score (nSPS) is 29.6. The average Bonchev–Trinajstić information content (AvgIpc) is 2.92. The van der Waals surface area contributed by atoms with Crippen LogP contribution in [0.25, 0.3) is 0 Å². The van der Waals surface area contributed by atoms with Gasteiger partial charge in [0.2, 0.25) is 11.8 Å². The Morgan fingerprint density at radius 3 is 2.55 bits per heavy atom. The third-order valence-corrected chi connectivity index (χ3v) is 4.60. The van der Waals surface area contributed by atoms with Crippen molar-refractivity contribution < 1.29 is 19.1 Å². The summed E-state index contributed by atoms with van der Waals surface area (Å²) in [5, 5.41) is 2.86. The zero-order valence-electron chi connectivity index (χ0n) is 12.5. The van der Waals surface area contributed by atoms with Crippen LogP contribution in [-0.4, -0.2) is 61.3 Å². The molecule has 6 heteroatoms. The summed E-state index contributed by atoms with van der Waals surface area (Å²) in [5.74, 6) is -0.108. The van der Waals surface area contributed by atoms with Gasteiger partial charge in [-0.2, -0.15) is 0 Å². The molecule has 2 aliphatic heterocycles. The maximum atomic E-state index is 12.7. The fourth-order valence-electron chi connectivity index (χ4n) is 3.05. The summed E-state index contributed by atoms with van der Waals surface area (Å²) in [6, 6.07) is 0. The molecule has 0 aliphatic carbocycles. The van der Waals surface area contributed by atoms with E-state index in [-0.39, 0.29) is 18.4 Å². The van der Waals surface area contributed by atoms with Gasteiger partial charge < -0.3 is 19.7 Å². The van der Waals surface area contributed by atoms with Gasteiger partial charge in [-0.15, -0.1) is 0 Å². The summed E-state index contributed by atoms with van der Waals surface area (Å²) >= 11 is 0. The Morgan fingerprint density at radius 2 is 2.05 bits per heavy atom. The van der Waals surface area contributed by atoms with Gasteiger partial charge in [0.15, 0.2) is 0 Å². The first-order valence-electron chi connectivity index (χ1n) is 7.24. The van der Waals surface area contributed by atoms with E-state index in [1.807, 2.05) is 13.8 Å². The van der Waals surface area contributed by atoms with Gasteiger partial charge in [-0.25, -0.2) is 0 Å². The molecule has 0 aromatic heterocycles. The summed E-state index contributed by atoms with van der Waals surface area (Å²) in [6.07, 6.45) is 1.95. The molecule has 2 saturated heterocycles. The minimum atomic E-state index is -0.760. The Labute approximate surface area is 119 Å². The van der Waals surface area contributed by atoms with Crippen LogP contribution >= 0.6 is 0 Å². The Morgan fingerprint density at radius 1 is 1.35 bits per heavy atom. The van der Waals surface area contributed by atoms with Crippen LogP contribution < -0.4 is 5.32 Å². The molecule has 20 heavy (non-hydrogen) atoms. The molecule has 2 rings (SSSR count). The van der Waals surface area contributed by atoms with Crippen LogP contribution in [-0.2, 0) is 19.1 Å². The molecule has 6 nitrogen and oxygen atoms in total. The molecule has 1 atom stereocenters. The smallest absolute Gasteiger partial charge is 0.248 e. The van der Waals surface area contributed by atoms with Crippen LogP contribution in [0.15, 0.2) is 0 Å². The molecule has 2 fully saturated rings. The predicted octanol–water partition coefficient (Wildman–Crippen LogP) is 0.309. The first-order valence-corrected chi connectivity index (χ1v) is 7.24. The molecule has 0 saturated carbocycles. The summed E-state index contributed by atoms with van der Waals surface area (Å²) in [7, 11) is 1.63. The van der Waals surface area contributed by atoms with Crippen molar-refractivity contribution in [2.24, 2.45) is 0 Å². The summed E-state index contributed by atoms with van der Waals surface area (Å²) < 4.78 is 11.0. The predicted molar refractivity (Wildman–Crippen MR) is 73.2 cm³/mol. The second kappa shape index (κ2) is 5.69. The van der Waals surface area contributed by atoms with E-state index in [0.717, 1.165) is 6.42 Å². The standard InChI is InChI=1S/C14H24N2O4/c1-4-14(5-2)12(18)16(8-11(17)15-14)9-13(19-3)6-7-20-10-13/h4-10H2,1-3H3,(H,15,17). The lowest BCUT2D eigenvalue weighted by Crippen LogP contribution is -2.68. The van der Waals surface area contributed by atoms with Crippen molar-refractivity contribution in [1.29, 1.82) is 0 Å². The number of hydrogen-bond acceptors (Lipinski definition) is 4. The van der Waals surface area contributed by atoms with Crippen LogP contribution in [0.3, 0.4) is 0 Å². The zero-order valence-corrected chi connectivity index (χ0v) is 12.5. The highest BCUT2D eigenvalue weighted by molar-refractivity contribution is 5.98. The monoisotopic (exact) mass is 284 g/mol. The molecule has 1 unspecified atom stereocenters. The lowest BCUT2D eigenvalue weighted by molar-refractivity contribution is -0.154. The van der Waals surface area contributed by atoms with Crippen LogP contribution in [0.1, 0.15) is 33.1 Å². The number of rotatable bonds is 5. The first kappa shape index (κ1) is 15.3. The topological polar surface area (TPSA) is 67.9 Å². The van der Waals surface area contributed by atoms with Crippen molar-refractivity contribution in [3.63, 3.8) is 0 Å². The van der Waals surface area contributed by atoms with E-state index in [9.17, 15) is 9.59 Å². The lowest BCUT2D eigenvalue weighted by atomic mass is 9.88. The molecule has 2 amide bonds. The quantitative estimate of drug-likeness (QED) is 0.789. The number of carbonyl (C=O) groups is 2. The number of piperazine rings is 1. The number of nitrogens with one attached hydrogen (secondary N) is 1. The maximum Gasteiger partial charge on any atom is 0.248 e. The van der Waals surface area contributed by atoms with Crippen LogP contribution in [0, 0.1) is 0 Å². The van der Waals surface area contributed by atoms with Gasteiger partial charge in [0.1, 0.15) is 11.1 Å². The van der Waals surface area contributed by atoms with Crippen LogP contribution in [0.5, 0.6) is 0 Å². The molecule has 1 N–H and O–H groups in total. The number of hydrogen-bond donors (Lipinski definition) is 1. The lowest BCUT2D eigenvalue weighted by Gasteiger charge is -2.43. The van der Waals surface area contributed by atoms with Crippen molar-refractivity contribution in [2.45, 2.75) is 44.2 Å². The second-order valence-electron chi connectivity index (χ2n) is 5.69. The fraction of sp³-hybridized carbons (Fsp3) is 0.857. The molecule has 0 aromatic carbocycles. The van der Waals surface area contributed by atoms with E-state index in [4.69, 9.17) is 9.47 Å². The van der Waals surface area contributed by atoms with E-state index in [1.54, 1.807) is 12.0 Å². The first-order chi connectivity index (χ1) is 9.51. The molecule has 2 aliphatic rings. The zero-order chi connectivity index (χ0) is 14.8. The van der Waals surface area contributed by atoms with Gasteiger partial charge in [-0.3, -0.25) is 9.59 Å². The van der Waals surface area contributed by atoms with E-state index in [2.05, 4.69) is 5.32 Å². The van der Waals surface area contributed by atoms with Gasteiger partial charge in [0, 0.05) is 20.1 Å². The van der Waals surface area contributed by atoms with E-state index < -0.39 is 11.1 Å². The third-order valence-electron chi connectivity index (χ3n) is 4.60. The Balaban J connectivity index is 2.18. The number of ether oxygens (including phenoxy) is 2. The average molecular weight is 284 g/mol. The van der Waals surface area contributed by atoms with E-state index in [1.165, 1.54) is 0 Å². The summed E-state index contributed by atoms with van der Waals surface area (Å²) in [6.45, 7) is 5.48. The van der Waals surface area contributed by atoms with Crippen molar-refractivity contribution in [2.75, 3.05) is 33.4 Å². The molecule has 0 spiro atoms. The molecule has 2 heterocycles. The number of methoxy groups -OCH3 is 1. The molecule has 114 valence electrons. The number of amides is 2. The molecule has 0 aromatic rings. The van der Waals surface area contributed by atoms with Crippen LogP contribution in [0.4, 0.5) is 0 Å². The second-order valence-corrected chi connectivity index (χ2v) is 5.69. The molecule has 0 radical (unpaired) electrons. The minimum absolute atomic E-state index is 0.00887. The van der Waals surface area contributed by atoms with Crippen molar-refractivity contribution in [3.05, 3.63) is 0 Å². The van der Waals surface area contributed by atoms with Crippen molar-refractivity contribution in [1.82, 2.24) is 10.2 Å². The Hall–Kier alpha value is -1.14. The van der Waals surface area contributed by atoms with Gasteiger partial charge in [0.25, 0.3) is 0 Å². The van der Waals surface area contributed by atoms with E-state index >= 15 is 0 Å². The third kappa shape index (κ3) is 2.54. The fourth-order valence-corrected chi connectivity index (χ4v) is 3.05.